The third-order valence-corrected chi connectivity index (χ3v) is 4.93. The van der Waals surface area contributed by atoms with Crippen molar-refractivity contribution in [3.63, 3.8) is 0 Å². The van der Waals surface area contributed by atoms with Crippen molar-refractivity contribution in [2.24, 2.45) is 11.8 Å². The third-order valence-electron chi connectivity index (χ3n) is 4.07. The molecule has 1 fully saturated rings. The van der Waals surface area contributed by atoms with Crippen molar-refractivity contribution < 1.29 is 0 Å². The Bertz CT molecular complexity index is 389. The Morgan fingerprint density at radius 3 is 2.76 bits per heavy atom. The smallest absolute Gasteiger partial charge is 0.0383 e. The van der Waals surface area contributed by atoms with Crippen molar-refractivity contribution in [2.75, 3.05) is 5.32 Å². The Kier molecular flexibility index (Phi) is 4.13. The summed E-state index contributed by atoms with van der Waals surface area (Å²) in [6.45, 7) is 6.91. The average Bonchev–Trinajstić information content (AvgIpc) is 2.30. The first-order valence-electron chi connectivity index (χ1n) is 6.59. The highest BCUT2D eigenvalue weighted by molar-refractivity contribution is 9.10. The Morgan fingerprint density at radius 1 is 1.24 bits per heavy atom. The molecule has 3 atom stereocenters. The standard InChI is InChI=1S/C15H22BrN/c1-10-7-8-11(2)15(9-10)17-14-6-4-5-13(16)12(14)3/h4-6,10-11,15,17H,7-9H2,1-3H3. The second-order valence-corrected chi connectivity index (χ2v) is 6.41. The lowest BCUT2D eigenvalue weighted by Gasteiger charge is -2.34. The van der Waals surface area contributed by atoms with Gasteiger partial charge in [0.2, 0.25) is 0 Å². The Morgan fingerprint density at radius 2 is 2.00 bits per heavy atom. The molecule has 0 saturated heterocycles. The molecule has 0 bridgehead atoms. The van der Waals surface area contributed by atoms with Crippen LogP contribution in [0.2, 0.25) is 0 Å². The van der Waals surface area contributed by atoms with E-state index in [-0.39, 0.29) is 0 Å². The number of anilines is 1. The molecule has 1 N–H and O–H groups in total. The number of hydrogen-bond acceptors (Lipinski definition) is 1. The summed E-state index contributed by atoms with van der Waals surface area (Å²) in [4.78, 5) is 0. The van der Waals surface area contributed by atoms with Crippen molar-refractivity contribution in [1.82, 2.24) is 0 Å². The lowest BCUT2D eigenvalue weighted by molar-refractivity contribution is 0.280. The monoisotopic (exact) mass is 295 g/mol. The van der Waals surface area contributed by atoms with Gasteiger partial charge in [0.25, 0.3) is 0 Å². The van der Waals surface area contributed by atoms with Gasteiger partial charge in [0.15, 0.2) is 0 Å². The summed E-state index contributed by atoms with van der Waals surface area (Å²) in [5, 5.41) is 3.74. The highest BCUT2D eigenvalue weighted by Crippen LogP contribution is 2.32. The van der Waals surface area contributed by atoms with Gasteiger partial charge < -0.3 is 5.32 Å². The van der Waals surface area contributed by atoms with Gasteiger partial charge in [-0.3, -0.25) is 0 Å². The molecule has 94 valence electrons. The molecule has 0 amide bonds. The van der Waals surface area contributed by atoms with E-state index >= 15 is 0 Å². The molecule has 1 nitrogen and oxygen atoms in total. The fourth-order valence-corrected chi connectivity index (χ4v) is 3.06. The van der Waals surface area contributed by atoms with E-state index in [9.17, 15) is 0 Å². The van der Waals surface area contributed by atoms with Crippen molar-refractivity contribution in [1.29, 1.82) is 0 Å². The van der Waals surface area contributed by atoms with Crippen LogP contribution in [0.3, 0.4) is 0 Å². The van der Waals surface area contributed by atoms with Crippen molar-refractivity contribution in [2.45, 2.75) is 46.1 Å². The molecule has 1 aliphatic carbocycles. The van der Waals surface area contributed by atoms with E-state index in [0.717, 1.165) is 11.8 Å². The summed E-state index contributed by atoms with van der Waals surface area (Å²) in [6.07, 6.45) is 4.04. The number of benzene rings is 1. The van der Waals surface area contributed by atoms with Crippen molar-refractivity contribution >= 4 is 21.6 Å². The van der Waals surface area contributed by atoms with Crippen LogP contribution in [0, 0.1) is 18.8 Å². The summed E-state index contributed by atoms with van der Waals surface area (Å²) in [5.74, 6) is 1.64. The van der Waals surface area contributed by atoms with Crippen LogP contribution in [-0.2, 0) is 0 Å². The highest BCUT2D eigenvalue weighted by Gasteiger charge is 2.25. The minimum absolute atomic E-state index is 0.631. The molecule has 2 rings (SSSR count). The Labute approximate surface area is 113 Å². The Hall–Kier alpha value is -0.500. The van der Waals surface area contributed by atoms with E-state index < -0.39 is 0 Å². The molecule has 17 heavy (non-hydrogen) atoms. The van der Waals surface area contributed by atoms with E-state index in [4.69, 9.17) is 0 Å². The normalized spacial score (nSPS) is 29.1. The fraction of sp³-hybridized carbons (Fsp3) is 0.600. The molecule has 0 aromatic heterocycles. The quantitative estimate of drug-likeness (QED) is 0.810. The lowest BCUT2D eigenvalue weighted by atomic mass is 9.80. The molecular weight excluding hydrogens is 274 g/mol. The van der Waals surface area contributed by atoms with Gasteiger partial charge >= 0.3 is 0 Å². The average molecular weight is 296 g/mol. The summed E-state index contributed by atoms with van der Waals surface area (Å²) in [7, 11) is 0. The second-order valence-electron chi connectivity index (χ2n) is 5.56. The van der Waals surface area contributed by atoms with Crippen molar-refractivity contribution in [3.05, 3.63) is 28.2 Å². The zero-order valence-electron chi connectivity index (χ0n) is 11.0. The van der Waals surface area contributed by atoms with Gasteiger partial charge in [-0.2, -0.15) is 0 Å². The van der Waals surface area contributed by atoms with Crippen LogP contribution in [0.1, 0.15) is 38.7 Å². The lowest BCUT2D eigenvalue weighted by Crippen LogP contribution is -2.33. The molecule has 1 aliphatic rings. The fourth-order valence-electron chi connectivity index (χ4n) is 2.70. The van der Waals surface area contributed by atoms with Crippen molar-refractivity contribution in [3.8, 4) is 0 Å². The molecule has 1 aromatic carbocycles. The van der Waals surface area contributed by atoms with E-state index in [1.54, 1.807) is 0 Å². The number of rotatable bonds is 2. The number of nitrogens with one attached hydrogen (secondary N) is 1. The maximum absolute atomic E-state index is 3.74. The SMILES string of the molecule is Cc1c(Br)cccc1NC1CC(C)CCC1C. The summed E-state index contributed by atoms with van der Waals surface area (Å²) in [5.41, 5.74) is 2.60. The van der Waals surface area contributed by atoms with E-state index in [1.807, 2.05) is 0 Å². The molecular formula is C15H22BrN. The first-order valence-corrected chi connectivity index (χ1v) is 7.39. The summed E-state index contributed by atoms with van der Waals surface area (Å²) >= 11 is 3.60. The van der Waals surface area contributed by atoms with Crippen LogP contribution in [-0.4, -0.2) is 6.04 Å². The maximum Gasteiger partial charge on any atom is 0.0383 e. The van der Waals surface area contributed by atoms with Crippen LogP contribution in [0.15, 0.2) is 22.7 Å². The van der Waals surface area contributed by atoms with Gasteiger partial charge in [0.05, 0.1) is 0 Å². The molecule has 2 heteroatoms. The van der Waals surface area contributed by atoms with E-state index in [0.29, 0.717) is 6.04 Å². The van der Waals surface area contributed by atoms with Crippen LogP contribution >= 0.6 is 15.9 Å². The predicted molar refractivity (Wildman–Crippen MR) is 78.5 cm³/mol. The minimum Gasteiger partial charge on any atom is -0.382 e. The van der Waals surface area contributed by atoms with Gasteiger partial charge in [0, 0.05) is 16.2 Å². The first kappa shape index (κ1) is 12.9. The molecule has 0 heterocycles. The second kappa shape index (κ2) is 5.43. The third kappa shape index (κ3) is 3.04. The summed E-state index contributed by atoms with van der Waals surface area (Å²) < 4.78 is 1.19. The van der Waals surface area contributed by atoms with Gasteiger partial charge in [-0.25, -0.2) is 0 Å². The predicted octanol–water partition coefficient (Wildman–Crippen LogP) is 4.99. The van der Waals surface area contributed by atoms with Crippen LogP contribution < -0.4 is 5.32 Å². The topological polar surface area (TPSA) is 12.0 Å². The maximum atomic E-state index is 3.74. The van der Waals surface area contributed by atoms with Crippen LogP contribution in [0.25, 0.3) is 0 Å². The van der Waals surface area contributed by atoms with Gasteiger partial charge in [-0.05, 0) is 49.3 Å². The van der Waals surface area contributed by atoms with Crippen LogP contribution in [0.5, 0.6) is 0 Å². The molecule has 0 spiro atoms. The van der Waals surface area contributed by atoms with E-state index in [2.05, 4.69) is 60.2 Å². The largest absolute Gasteiger partial charge is 0.382 e. The molecule has 0 aliphatic heterocycles. The highest BCUT2D eigenvalue weighted by atomic mass is 79.9. The summed E-state index contributed by atoms with van der Waals surface area (Å²) in [6, 6.07) is 7.03. The zero-order chi connectivity index (χ0) is 12.4. The molecule has 1 aromatic rings. The van der Waals surface area contributed by atoms with Gasteiger partial charge in [-0.15, -0.1) is 0 Å². The van der Waals surface area contributed by atoms with Gasteiger partial charge in [0.1, 0.15) is 0 Å². The molecule has 1 saturated carbocycles. The van der Waals surface area contributed by atoms with E-state index in [1.165, 1.54) is 35.0 Å². The van der Waals surface area contributed by atoms with Crippen LogP contribution in [0.4, 0.5) is 5.69 Å². The molecule has 0 radical (unpaired) electrons. The number of halogens is 1. The first-order chi connectivity index (χ1) is 8.08. The Balaban J connectivity index is 2.11. The van der Waals surface area contributed by atoms with Gasteiger partial charge in [-0.1, -0.05) is 42.3 Å². The number of hydrogen-bond donors (Lipinski definition) is 1. The molecule has 3 unspecified atom stereocenters. The zero-order valence-corrected chi connectivity index (χ0v) is 12.5. The minimum atomic E-state index is 0.631.